The molecule has 0 aromatic carbocycles. The van der Waals surface area contributed by atoms with Crippen LogP contribution < -0.4 is 5.32 Å². The van der Waals surface area contributed by atoms with E-state index in [2.05, 4.69) is 44.8 Å². The molecule has 0 radical (unpaired) electrons. The second-order valence-electron chi connectivity index (χ2n) is 6.43. The quantitative estimate of drug-likeness (QED) is 0.773. The molecule has 90 valence electrons. The summed E-state index contributed by atoms with van der Waals surface area (Å²) in [7, 11) is 0. The van der Waals surface area contributed by atoms with E-state index < -0.39 is 0 Å². The third-order valence-corrected chi connectivity index (χ3v) is 3.51. The van der Waals surface area contributed by atoms with Gasteiger partial charge in [-0.3, -0.25) is 0 Å². The lowest BCUT2D eigenvalue weighted by molar-refractivity contribution is 0.126. The Morgan fingerprint density at radius 3 is 2.53 bits per heavy atom. The number of hydrogen-bond acceptors (Lipinski definition) is 2. The summed E-state index contributed by atoms with van der Waals surface area (Å²) in [6.07, 6.45) is 2.52. The van der Waals surface area contributed by atoms with E-state index in [9.17, 15) is 0 Å². The molecule has 1 rings (SSSR count). The Bertz CT molecular complexity index is 195. The van der Waals surface area contributed by atoms with Crippen molar-refractivity contribution in [2.45, 2.75) is 53.0 Å². The molecule has 1 fully saturated rings. The average Bonchev–Trinajstić information content (AvgIpc) is 2.14. The fourth-order valence-electron chi connectivity index (χ4n) is 2.07. The molecule has 1 N–H and O–H groups in total. The van der Waals surface area contributed by atoms with Crippen molar-refractivity contribution < 1.29 is 0 Å². The van der Waals surface area contributed by atoms with Gasteiger partial charge in [-0.15, -0.1) is 0 Å². The Morgan fingerprint density at radius 1 is 1.33 bits per heavy atom. The van der Waals surface area contributed by atoms with Gasteiger partial charge in [-0.2, -0.15) is 0 Å². The molecule has 0 aromatic rings. The molecule has 1 unspecified atom stereocenters. The smallest absolute Gasteiger partial charge is 0.0278 e. The van der Waals surface area contributed by atoms with E-state index in [0.29, 0.717) is 11.0 Å². The molecule has 1 aliphatic rings. The van der Waals surface area contributed by atoms with Crippen molar-refractivity contribution in [2.75, 3.05) is 26.2 Å². The summed E-state index contributed by atoms with van der Waals surface area (Å²) in [5.74, 6) is 0. The summed E-state index contributed by atoms with van der Waals surface area (Å²) >= 11 is 0. The Labute approximate surface area is 95.4 Å². The second kappa shape index (κ2) is 4.84. The summed E-state index contributed by atoms with van der Waals surface area (Å²) in [6.45, 7) is 16.4. The van der Waals surface area contributed by atoms with Crippen LogP contribution in [0.2, 0.25) is 0 Å². The maximum Gasteiger partial charge on any atom is 0.0278 e. The molecule has 1 atom stereocenters. The van der Waals surface area contributed by atoms with Crippen molar-refractivity contribution in [3.8, 4) is 0 Å². The van der Waals surface area contributed by atoms with Crippen LogP contribution in [-0.2, 0) is 0 Å². The van der Waals surface area contributed by atoms with Gasteiger partial charge in [0.25, 0.3) is 0 Å². The van der Waals surface area contributed by atoms with Crippen molar-refractivity contribution in [1.29, 1.82) is 0 Å². The van der Waals surface area contributed by atoms with Gasteiger partial charge >= 0.3 is 0 Å². The molecular formula is C13H28N2. The predicted molar refractivity (Wildman–Crippen MR) is 67.2 cm³/mol. The van der Waals surface area contributed by atoms with Crippen molar-refractivity contribution >= 4 is 0 Å². The fraction of sp³-hybridized carbons (Fsp3) is 1.00. The molecule has 1 saturated heterocycles. The van der Waals surface area contributed by atoms with Crippen LogP contribution in [-0.4, -0.2) is 36.6 Å². The zero-order valence-electron chi connectivity index (χ0n) is 11.2. The van der Waals surface area contributed by atoms with Gasteiger partial charge in [0.05, 0.1) is 0 Å². The number of rotatable bonds is 3. The van der Waals surface area contributed by atoms with Crippen molar-refractivity contribution in [2.24, 2.45) is 5.41 Å². The maximum atomic E-state index is 3.63. The highest BCUT2D eigenvalue weighted by Crippen LogP contribution is 2.21. The summed E-state index contributed by atoms with van der Waals surface area (Å²) in [6, 6.07) is 0. The van der Waals surface area contributed by atoms with E-state index in [1.54, 1.807) is 0 Å². The van der Waals surface area contributed by atoms with E-state index in [1.165, 1.54) is 32.5 Å². The van der Waals surface area contributed by atoms with Crippen LogP contribution in [0.4, 0.5) is 0 Å². The van der Waals surface area contributed by atoms with E-state index in [1.807, 2.05) is 0 Å². The lowest BCUT2D eigenvalue weighted by atomic mass is 9.90. The lowest BCUT2D eigenvalue weighted by Crippen LogP contribution is -2.58. The highest BCUT2D eigenvalue weighted by molar-refractivity contribution is 4.89. The number of nitrogens with one attached hydrogen (secondary N) is 1. The molecule has 0 spiro atoms. The summed E-state index contributed by atoms with van der Waals surface area (Å²) in [5.41, 5.74) is 0.809. The first-order valence-corrected chi connectivity index (χ1v) is 6.32. The second-order valence-corrected chi connectivity index (χ2v) is 6.43. The van der Waals surface area contributed by atoms with E-state index in [0.717, 1.165) is 6.54 Å². The van der Waals surface area contributed by atoms with Gasteiger partial charge in [0.2, 0.25) is 0 Å². The van der Waals surface area contributed by atoms with E-state index in [-0.39, 0.29) is 0 Å². The van der Waals surface area contributed by atoms with Gasteiger partial charge in [-0.1, -0.05) is 27.7 Å². The molecular weight excluding hydrogens is 184 g/mol. The topological polar surface area (TPSA) is 15.3 Å². The normalized spacial score (nSPS) is 29.4. The van der Waals surface area contributed by atoms with Crippen LogP contribution >= 0.6 is 0 Å². The van der Waals surface area contributed by atoms with Crippen LogP contribution in [0.3, 0.4) is 0 Å². The molecule has 0 aromatic heterocycles. The minimum Gasteiger partial charge on any atom is -0.309 e. The zero-order valence-corrected chi connectivity index (χ0v) is 11.2. The van der Waals surface area contributed by atoms with E-state index in [4.69, 9.17) is 0 Å². The van der Waals surface area contributed by atoms with Gasteiger partial charge in [0.15, 0.2) is 0 Å². The van der Waals surface area contributed by atoms with Crippen molar-refractivity contribution in [1.82, 2.24) is 10.2 Å². The van der Waals surface area contributed by atoms with Crippen LogP contribution in [0.15, 0.2) is 0 Å². The van der Waals surface area contributed by atoms with Crippen LogP contribution in [0.5, 0.6) is 0 Å². The maximum absolute atomic E-state index is 3.63. The lowest BCUT2D eigenvalue weighted by Gasteiger charge is -2.41. The monoisotopic (exact) mass is 212 g/mol. The van der Waals surface area contributed by atoms with Gasteiger partial charge in [0.1, 0.15) is 0 Å². The van der Waals surface area contributed by atoms with Crippen LogP contribution in [0.1, 0.15) is 47.5 Å². The number of hydrogen-bond donors (Lipinski definition) is 1. The first-order chi connectivity index (χ1) is 6.85. The molecule has 0 bridgehead atoms. The molecule has 0 amide bonds. The minimum absolute atomic E-state index is 0.343. The van der Waals surface area contributed by atoms with Gasteiger partial charge in [0, 0.05) is 25.2 Å². The molecule has 2 heteroatoms. The summed E-state index contributed by atoms with van der Waals surface area (Å²) < 4.78 is 0. The van der Waals surface area contributed by atoms with E-state index >= 15 is 0 Å². The zero-order chi connectivity index (χ0) is 11.5. The van der Waals surface area contributed by atoms with Gasteiger partial charge < -0.3 is 10.2 Å². The summed E-state index contributed by atoms with van der Waals surface area (Å²) in [5, 5.41) is 3.63. The standard InChI is InChI=1S/C13H28N2/c1-6-13(5)11-15(10-8-14-13)9-7-12(2,3)4/h14H,6-11H2,1-5H3. The average molecular weight is 212 g/mol. The summed E-state index contributed by atoms with van der Waals surface area (Å²) in [4.78, 5) is 2.62. The first-order valence-electron chi connectivity index (χ1n) is 6.32. The van der Waals surface area contributed by atoms with Crippen molar-refractivity contribution in [3.05, 3.63) is 0 Å². The Balaban J connectivity index is 2.37. The van der Waals surface area contributed by atoms with Gasteiger partial charge in [-0.05, 0) is 31.7 Å². The third-order valence-electron chi connectivity index (χ3n) is 3.51. The Kier molecular flexibility index (Phi) is 4.19. The highest BCUT2D eigenvalue weighted by atomic mass is 15.2. The van der Waals surface area contributed by atoms with Crippen LogP contribution in [0, 0.1) is 5.41 Å². The molecule has 1 aliphatic heterocycles. The highest BCUT2D eigenvalue weighted by Gasteiger charge is 2.28. The van der Waals surface area contributed by atoms with Gasteiger partial charge in [-0.25, -0.2) is 0 Å². The predicted octanol–water partition coefficient (Wildman–Crippen LogP) is 2.50. The molecule has 15 heavy (non-hydrogen) atoms. The molecule has 0 saturated carbocycles. The number of piperazine rings is 1. The largest absolute Gasteiger partial charge is 0.309 e. The molecule has 0 aliphatic carbocycles. The Hall–Kier alpha value is -0.0800. The fourth-order valence-corrected chi connectivity index (χ4v) is 2.07. The Morgan fingerprint density at radius 2 is 2.00 bits per heavy atom. The molecule has 1 heterocycles. The van der Waals surface area contributed by atoms with Crippen LogP contribution in [0.25, 0.3) is 0 Å². The van der Waals surface area contributed by atoms with Crippen molar-refractivity contribution in [3.63, 3.8) is 0 Å². The SMILES string of the molecule is CCC1(C)CN(CCC(C)(C)C)CCN1. The minimum atomic E-state index is 0.343. The first kappa shape index (κ1) is 13.0. The third kappa shape index (κ3) is 4.52. The number of nitrogens with zero attached hydrogens (tertiary/aromatic N) is 1. The molecule has 2 nitrogen and oxygen atoms in total.